The molecule has 0 aliphatic rings. The standard InChI is InChI=1S/2C8H10N4O2.C4H4O4/c2*1-10-4-9-6-5(10)7(13)12(3)8(14)11(6)2;5-3(6)1-2-4(7)8/h2*4H,1-3H3;1-2H,(H,5,6)(H,7,8)/b;;2-1-. The van der Waals surface area contributed by atoms with Crippen molar-refractivity contribution in [1.29, 1.82) is 0 Å². The third-order valence-corrected chi connectivity index (χ3v) is 5.00. The molecule has 0 bridgehead atoms. The van der Waals surface area contributed by atoms with Gasteiger partial charge in [-0.15, -0.1) is 0 Å². The maximum absolute atomic E-state index is 11.7. The average molecular weight is 504 g/mol. The van der Waals surface area contributed by atoms with Gasteiger partial charge < -0.3 is 19.3 Å². The van der Waals surface area contributed by atoms with Gasteiger partial charge in [-0.1, -0.05) is 0 Å². The molecule has 0 unspecified atom stereocenters. The average Bonchev–Trinajstić information content (AvgIpc) is 3.41. The maximum atomic E-state index is 11.7. The second kappa shape index (κ2) is 10.5. The zero-order valence-corrected chi connectivity index (χ0v) is 20.2. The molecule has 0 spiro atoms. The third-order valence-electron chi connectivity index (χ3n) is 5.00. The lowest BCUT2D eigenvalue weighted by Crippen LogP contribution is -2.37. The minimum absolute atomic E-state index is 0.317. The van der Waals surface area contributed by atoms with Crippen LogP contribution in [0.5, 0.6) is 0 Å². The molecule has 0 atom stereocenters. The van der Waals surface area contributed by atoms with Gasteiger partial charge in [0.15, 0.2) is 22.3 Å². The highest BCUT2D eigenvalue weighted by Gasteiger charge is 2.12. The van der Waals surface area contributed by atoms with Crippen LogP contribution in [0.2, 0.25) is 0 Å². The number of aliphatic carboxylic acids is 2. The Bertz CT molecular complexity index is 1610. The normalized spacial score (nSPS) is 10.7. The Morgan fingerprint density at radius 1 is 0.639 bits per heavy atom. The fourth-order valence-corrected chi connectivity index (χ4v) is 3.08. The van der Waals surface area contributed by atoms with Crippen LogP contribution in [0.15, 0.2) is 44.0 Å². The van der Waals surface area contributed by atoms with E-state index in [0.717, 1.165) is 9.13 Å². The number of rotatable bonds is 2. The third kappa shape index (κ3) is 5.21. The number of nitrogens with zero attached hydrogens (tertiary/aromatic N) is 8. The minimum atomic E-state index is -1.26. The minimum Gasteiger partial charge on any atom is -0.478 e. The molecule has 0 aliphatic carbocycles. The fraction of sp³-hybridized carbons (Fsp3) is 0.300. The molecule has 2 N–H and O–H groups in total. The van der Waals surface area contributed by atoms with Gasteiger partial charge in [-0.05, 0) is 0 Å². The zero-order valence-electron chi connectivity index (χ0n) is 20.2. The van der Waals surface area contributed by atoms with E-state index in [4.69, 9.17) is 10.2 Å². The first-order valence-corrected chi connectivity index (χ1v) is 9.98. The van der Waals surface area contributed by atoms with Crippen LogP contribution >= 0.6 is 0 Å². The lowest BCUT2D eigenvalue weighted by molar-refractivity contribution is -0.134. The second-order valence-electron chi connectivity index (χ2n) is 7.48. The first-order chi connectivity index (χ1) is 16.7. The number of carbonyl (C=O) groups is 2. The first kappa shape index (κ1) is 27.2. The molecular weight excluding hydrogens is 480 g/mol. The summed E-state index contributed by atoms with van der Waals surface area (Å²) in [5, 5.41) is 15.6. The van der Waals surface area contributed by atoms with Gasteiger partial charge in [0.05, 0.1) is 12.7 Å². The largest absolute Gasteiger partial charge is 0.478 e. The Hall–Kier alpha value is -5.02. The molecule has 4 aromatic heterocycles. The topological polar surface area (TPSA) is 198 Å². The van der Waals surface area contributed by atoms with Gasteiger partial charge in [0.1, 0.15) is 0 Å². The highest BCUT2D eigenvalue weighted by molar-refractivity contribution is 5.89. The molecule has 0 saturated carbocycles. The number of carboxylic acids is 2. The summed E-state index contributed by atoms with van der Waals surface area (Å²) >= 11 is 0. The Kier molecular flexibility index (Phi) is 7.94. The SMILES string of the molecule is Cn1c(=O)c2c(ncn2C)n(C)c1=O.Cn1c(=O)c2c(ncn2C)n(C)c1=O.O=C(O)/C=C\C(=O)O. The van der Waals surface area contributed by atoms with Crippen LogP contribution in [0.25, 0.3) is 22.3 Å². The van der Waals surface area contributed by atoms with Crippen molar-refractivity contribution >= 4 is 34.3 Å². The van der Waals surface area contributed by atoms with Crippen LogP contribution in [0.1, 0.15) is 0 Å². The lowest BCUT2D eigenvalue weighted by Gasteiger charge is -2.02. The molecule has 192 valence electrons. The number of aromatic nitrogens is 8. The number of imidazole rings is 2. The van der Waals surface area contributed by atoms with Crippen molar-refractivity contribution in [2.24, 2.45) is 42.3 Å². The van der Waals surface area contributed by atoms with Gasteiger partial charge >= 0.3 is 23.3 Å². The van der Waals surface area contributed by atoms with Crippen LogP contribution in [-0.4, -0.2) is 59.5 Å². The Balaban J connectivity index is 0.000000199. The predicted octanol–water partition coefficient (Wildman–Crippen LogP) is -2.35. The number of hydrogen-bond donors (Lipinski definition) is 2. The Labute approximate surface area is 200 Å². The molecule has 4 rings (SSSR count). The molecule has 4 aromatic rings. The monoisotopic (exact) mass is 504 g/mol. The molecule has 0 saturated heterocycles. The number of hydrogen-bond acceptors (Lipinski definition) is 8. The van der Waals surface area contributed by atoms with E-state index in [1.165, 1.54) is 35.9 Å². The molecule has 0 amide bonds. The molecule has 16 nitrogen and oxygen atoms in total. The molecule has 0 aromatic carbocycles. The van der Waals surface area contributed by atoms with Crippen LogP contribution in [0, 0.1) is 0 Å². The summed E-state index contributed by atoms with van der Waals surface area (Å²) < 4.78 is 8.08. The fourth-order valence-electron chi connectivity index (χ4n) is 3.08. The highest BCUT2D eigenvalue weighted by Crippen LogP contribution is 2.02. The summed E-state index contributed by atoms with van der Waals surface area (Å²) in [6.45, 7) is 0. The van der Waals surface area contributed by atoms with E-state index in [1.54, 1.807) is 37.3 Å². The predicted molar refractivity (Wildman–Crippen MR) is 127 cm³/mol. The van der Waals surface area contributed by atoms with E-state index in [0.29, 0.717) is 34.5 Å². The zero-order chi connectivity index (χ0) is 27.5. The highest BCUT2D eigenvalue weighted by atomic mass is 16.4. The molecule has 0 aliphatic heterocycles. The smallest absolute Gasteiger partial charge is 0.332 e. The van der Waals surface area contributed by atoms with Crippen LogP contribution < -0.4 is 22.5 Å². The van der Waals surface area contributed by atoms with Gasteiger partial charge in [0.25, 0.3) is 11.1 Å². The van der Waals surface area contributed by atoms with Crippen molar-refractivity contribution in [3.05, 3.63) is 66.5 Å². The van der Waals surface area contributed by atoms with Gasteiger partial charge in [0.2, 0.25) is 0 Å². The summed E-state index contributed by atoms with van der Waals surface area (Å²) in [5.41, 5.74) is 0.360. The van der Waals surface area contributed by atoms with Gasteiger partial charge in [-0.25, -0.2) is 29.1 Å². The summed E-state index contributed by atoms with van der Waals surface area (Å²) in [6.07, 6.45) is 4.15. The quantitative estimate of drug-likeness (QED) is 0.279. The lowest BCUT2D eigenvalue weighted by atomic mass is 10.5. The molecule has 16 heteroatoms. The number of carboxylic acid groups (broad SMARTS) is 2. The van der Waals surface area contributed by atoms with Crippen LogP contribution in [0.3, 0.4) is 0 Å². The molecule has 0 fully saturated rings. The maximum Gasteiger partial charge on any atom is 0.332 e. The van der Waals surface area contributed by atoms with E-state index in [9.17, 15) is 28.8 Å². The van der Waals surface area contributed by atoms with E-state index in [1.807, 2.05) is 0 Å². The van der Waals surface area contributed by atoms with E-state index >= 15 is 0 Å². The van der Waals surface area contributed by atoms with E-state index in [2.05, 4.69) is 9.97 Å². The van der Waals surface area contributed by atoms with Crippen molar-refractivity contribution in [1.82, 2.24) is 37.4 Å². The summed E-state index contributed by atoms with van der Waals surface area (Å²) in [4.78, 5) is 73.4. The molecule has 0 radical (unpaired) electrons. The van der Waals surface area contributed by atoms with Gasteiger partial charge in [0, 0.05) is 54.4 Å². The van der Waals surface area contributed by atoms with Crippen molar-refractivity contribution in [3.8, 4) is 0 Å². The Morgan fingerprint density at radius 3 is 1.22 bits per heavy atom. The van der Waals surface area contributed by atoms with Gasteiger partial charge in [-0.3, -0.25) is 27.9 Å². The summed E-state index contributed by atoms with van der Waals surface area (Å²) in [7, 11) is 9.55. The van der Waals surface area contributed by atoms with E-state index < -0.39 is 11.9 Å². The Morgan fingerprint density at radius 2 is 0.944 bits per heavy atom. The van der Waals surface area contributed by atoms with E-state index in [-0.39, 0.29) is 22.5 Å². The second-order valence-corrected chi connectivity index (χ2v) is 7.48. The van der Waals surface area contributed by atoms with Crippen LogP contribution in [0.4, 0.5) is 0 Å². The van der Waals surface area contributed by atoms with Crippen molar-refractivity contribution in [2.45, 2.75) is 0 Å². The first-order valence-electron chi connectivity index (χ1n) is 9.98. The number of aryl methyl sites for hydroxylation is 4. The number of fused-ring (bicyclic) bond motifs is 2. The van der Waals surface area contributed by atoms with Crippen molar-refractivity contribution in [3.63, 3.8) is 0 Å². The molecular formula is C20H24N8O8. The summed E-state index contributed by atoms with van der Waals surface area (Å²) in [5.74, 6) is -2.51. The van der Waals surface area contributed by atoms with Crippen LogP contribution in [-0.2, 0) is 51.9 Å². The molecule has 4 heterocycles. The van der Waals surface area contributed by atoms with Crippen molar-refractivity contribution in [2.75, 3.05) is 0 Å². The van der Waals surface area contributed by atoms with Crippen molar-refractivity contribution < 1.29 is 19.8 Å². The summed E-state index contributed by atoms with van der Waals surface area (Å²) in [6, 6.07) is 0. The van der Waals surface area contributed by atoms with Gasteiger partial charge in [-0.2, -0.15) is 0 Å². The molecule has 36 heavy (non-hydrogen) atoms.